The zero-order chi connectivity index (χ0) is 12.8. The molecular weight excluding hydrogens is 222 g/mol. The average molecular weight is 235 g/mol. The van der Waals surface area contributed by atoms with Gasteiger partial charge >= 0.3 is 5.97 Å². The third kappa shape index (κ3) is 3.47. The number of aryl methyl sites for hydroxylation is 1. The average Bonchev–Trinajstić information content (AvgIpc) is 2.31. The first-order valence-corrected chi connectivity index (χ1v) is 4.97. The largest absolute Gasteiger partial charge is 0.478 e. The number of rotatable bonds is 5. The molecule has 1 aromatic carbocycles. The summed E-state index contributed by atoms with van der Waals surface area (Å²) >= 11 is 0. The molecule has 1 rings (SSSR count). The fraction of sp³-hybridized carbons (Fsp3) is 0.333. The molecular formula is C12H13NO4. The van der Waals surface area contributed by atoms with E-state index in [1.54, 1.807) is 19.1 Å². The second kappa shape index (κ2) is 5.87. The van der Waals surface area contributed by atoms with E-state index in [9.17, 15) is 4.79 Å². The van der Waals surface area contributed by atoms with E-state index in [0.29, 0.717) is 11.3 Å². The van der Waals surface area contributed by atoms with E-state index in [1.807, 2.05) is 6.07 Å². The highest BCUT2D eigenvalue weighted by molar-refractivity contribution is 5.73. The van der Waals surface area contributed by atoms with Gasteiger partial charge in [-0.05, 0) is 24.6 Å². The van der Waals surface area contributed by atoms with Gasteiger partial charge in [-0.1, -0.05) is 6.07 Å². The summed E-state index contributed by atoms with van der Waals surface area (Å²) in [6.45, 7) is 1.73. The Balaban J connectivity index is 2.92. The molecule has 0 aliphatic carbocycles. The Morgan fingerprint density at radius 1 is 1.59 bits per heavy atom. The summed E-state index contributed by atoms with van der Waals surface area (Å²) in [7, 11) is 1.40. The van der Waals surface area contributed by atoms with Crippen LogP contribution in [0.4, 0.5) is 0 Å². The van der Waals surface area contributed by atoms with Crippen LogP contribution in [0.15, 0.2) is 18.2 Å². The summed E-state index contributed by atoms with van der Waals surface area (Å²) in [6, 6.07) is 6.84. The molecule has 0 saturated heterocycles. The van der Waals surface area contributed by atoms with Crippen molar-refractivity contribution in [3.63, 3.8) is 0 Å². The monoisotopic (exact) mass is 235 g/mol. The first-order valence-electron chi connectivity index (χ1n) is 4.97. The van der Waals surface area contributed by atoms with Crippen molar-refractivity contribution in [2.24, 2.45) is 0 Å². The van der Waals surface area contributed by atoms with E-state index in [2.05, 4.69) is 0 Å². The van der Waals surface area contributed by atoms with Crippen LogP contribution < -0.4 is 4.74 Å². The Kier molecular flexibility index (Phi) is 4.49. The lowest BCUT2D eigenvalue weighted by atomic mass is 10.1. The lowest BCUT2D eigenvalue weighted by Crippen LogP contribution is -2.31. The minimum atomic E-state index is -1.10. The summed E-state index contributed by atoms with van der Waals surface area (Å²) in [5, 5.41) is 17.7. The van der Waals surface area contributed by atoms with Crippen LogP contribution in [0.3, 0.4) is 0 Å². The van der Waals surface area contributed by atoms with Gasteiger partial charge in [0.05, 0.1) is 18.2 Å². The third-order valence-electron chi connectivity index (χ3n) is 2.18. The summed E-state index contributed by atoms with van der Waals surface area (Å²) in [4.78, 5) is 10.9. The quantitative estimate of drug-likeness (QED) is 0.833. The van der Waals surface area contributed by atoms with Crippen molar-refractivity contribution in [3.05, 3.63) is 29.3 Å². The van der Waals surface area contributed by atoms with Crippen molar-refractivity contribution in [2.45, 2.75) is 13.0 Å². The number of ether oxygens (including phenoxy) is 2. The van der Waals surface area contributed by atoms with Crippen LogP contribution in [0.1, 0.15) is 11.1 Å². The fourth-order valence-corrected chi connectivity index (χ4v) is 1.26. The van der Waals surface area contributed by atoms with Gasteiger partial charge in [0.25, 0.3) is 0 Å². The maximum absolute atomic E-state index is 10.9. The molecule has 0 aliphatic heterocycles. The molecule has 17 heavy (non-hydrogen) atoms. The molecule has 0 saturated carbocycles. The summed E-state index contributed by atoms with van der Waals surface area (Å²) in [5.41, 5.74) is 1.19. The Bertz CT molecular complexity index is 450. The molecule has 0 spiro atoms. The SMILES string of the molecule is COCC(Oc1cc(C#N)ccc1C)C(=O)O. The van der Waals surface area contributed by atoms with Crippen molar-refractivity contribution in [2.75, 3.05) is 13.7 Å². The number of nitrogens with zero attached hydrogens (tertiary/aromatic N) is 1. The van der Waals surface area contributed by atoms with Gasteiger partial charge in [0.1, 0.15) is 5.75 Å². The van der Waals surface area contributed by atoms with Gasteiger partial charge in [0.15, 0.2) is 0 Å². The number of nitriles is 1. The Morgan fingerprint density at radius 2 is 2.29 bits per heavy atom. The predicted molar refractivity (Wildman–Crippen MR) is 59.8 cm³/mol. The van der Waals surface area contributed by atoms with Crippen LogP contribution in [0.2, 0.25) is 0 Å². The summed E-state index contributed by atoms with van der Waals surface area (Å²) in [5.74, 6) is -0.720. The molecule has 1 N–H and O–H groups in total. The van der Waals surface area contributed by atoms with Crippen molar-refractivity contribution in [1.82, 2.24) is 0 Å². The van der Waals surface area contributed by atoms with Gasteiger partial charge in [-0.3, -0.25) is 0 Å². The number of hydrogen-bond acceptors (Lipinski definition) is 4. The van der Waals surface area contributed by atoms with Crippen LogP contribution in [0.5, 0.6) is 5.75 Å². The number of benzene rings is 1. The van der Waals surface area contributed by atoms with E-state index in [1.165, 1.54) is 13.2 Å². The van der Waals surface area contributed by atoms with Crippen LogP contribution >= 0.6 is 0 Å². The fourth-order valence-electron chi connectivity index (χ4n) is 1.26. The number of methoxy groups -OCH3 is 1. The predicted octanol–water partition coefficient (Wildman–Crippen LogP) is 1.35. The molecule has 5 heteroatoms. The zero-order valence-electron chi connectivity index (χ0n) is 9.64. The van der Waals surface area contributed by atoms with E-state index in [4.69, 9.17) is 19.8 Å². The topological polar surface area (TPSA) is 79.5 Å². The molecule has 0 fully saturated rings. The highest BCUT2D eigenvalue weighted by Crippen LogP contribution is 2.20. The minimum Gasteiger partial charge on any atom is -0.478 e. The van der Waals surface area contributed by atoms with Crippen molar-refractivity contribution in [3.8, 4) is 11.8 Å². The Hall–Kier alpha value is -2.06. The molecule has 1 unspecified atom stereocenters. The maximum atomic E-state index is 10.9. The maximum Gasteiger partial charge on any atom is 0.347 e. The number of carbonyl (C=O) groups is 1. The second-order valence-corrected chi connectivity index (χ2v) is 3.49. The first-order chi connectivity index (χ1) is 8.08. The lowest BCUT2D eigenvalue weighted by molar-refractivity contribution is -0.147. The molecule has 0 aliphatic rings. The molecule has 0 amide bonds. The zero-order valence-corrected chi connectivity index (χ0v) is 9.64. The van der Waals surface area contributed by atoms with Gasteiger partial charge in [0, 0.05) is 7.11 Å². The van der Waals surface area contributed by atoms with Crippen LogP contribution in [0, 0.1) is 18.3 Å². The van der Waals surface area contributed by atoms with Crippen LogP contribution in [-0.4, -0.2) is 30.9 Å². The van der Waals surface area contributed by atoms with E-state index < -0.39 is 12.1 Å². The number of hydrogen-bond donors (Lipinski definition) is 1. The van der Waals surface area contributed by atoms with Crippen LogP contribution in [0.25, 0.3) is 0 Å². The molecule has 1 atom stereocenters. The standard InChI is InChI=1S/C12H13NO4/c1-8-3-4-9(6-13)5-10(8)17-11(7-16-2)12(14)15/h3-5,11H,7H2,1-2H3,(H,14,15). The van der Waals surface area contributed by atoms with Gasteiger partial charge in [0.2, 0.25) is 6.10 Å². The van der Waals surface area contributed by atoms with Gasteiger partial charge in [-0.2, -0.15) is 5.26 Å². The Labute approximate surface area is 99.2 Å². The molecule has 0 aromatic heterocycles. The molecule has 0 bridgehead atoms. The van der Waals surface area contributed by atoms with Crippen molar-refractivity contribution in [1.29, 1.82) is 5.26 Å². The van der Waals surface area contributed by atoms with Crippen molar-refractivity contribution >= 4 is 5.97 Å². The number of aliphatic carboxylic acids is 1. The first kappa shape index (κ1) is 13.0. The highest BCUT2D eigenvalue weighted by atomic mass is 16.5. The molecule has 1 aromatic rings. The van der Waals surface area contributed by atoms with Crippen LogP contribution in [-0.2, 0) is 9.53 Å². The Morgan fingerprint density at radius 3 is 2.82 bits per heavy atom. The minimum absolute atomic E-state index is 0.0500. The summed E-state index contributed by atoms with van der Waals surface area (Å²) < 4.78 is 10.1. The third-order valence-corrected chi connectivity index (χ3v) is 2.18. The molecule has 0 radical (unpaired) electrons. The van der Waals surface area contributed by atoms with Gasteiger partial charge < -0.3 is 14.6 Å². The number of carboxylic acids is 1. The number of carboxylic acid groups (broad SMARTS) is 1. The molecule has 90 valence electrons. The van der Waals surface area contributed by atoms with Crippen molar-refractivity contribution < 1.29 is 19.4 Å². The highest BCUT2D eigenvalue weighted by Gasteiger charge is 2.20. The lowest BCUT2D eigenvalue weighted by Gasteiger charge is -2.15. The van der Waals surface area contributed by atoms with E-state index >= 15 is 0 Å². The molecule has 0 heterocycles. The van der Waals surface area contributed by atoms with E-state index in [0.717, 1.165) is 5.56 Å². The van der Waals surface area contributed by atoms with E-state index in [-0.39, 0.29) is 6.61 Å². The summed E-state index contributed by atoms with van der Waals surface area (Å²) in [6.07, 6.45) is -1.08. The van der Waals surface area contributed by atoms with Gasteiger partial charge in [-0.15, -0.1) is 0 Å². The second-order valence-electron chi connectivity index (χ2n) is 3.49. The van der Waals surface area contributed by atoms with Gasteiger partial charge in [-0.25, -0.2) is 4.79 Å². The molecule has 5 nitrogen and oxygen atoms in total. The smallest absolute Gasteiger partial charge is 0.347 e. The normalized spacial score (nSPS) is 11.6.